The average molecular weight is 274 g/mol. The molecule has 1 heterocycles. The Morgan fingerprint density at radius 3 is 2.70 bits per heavy atom. The molecule has 6 nitrogen and oxygen atoms in total. The Morgan fingerprint density at radius 1 is 1.45 bits per heavy atom. The molecule has 0 aliphatic rings. The van der Waals surface area contributed by atoms with E-state index in [0.717, 1.165) is 5.69 Å². The van der Waals surface area contributed by atoms with Crippen LogP contribution < -0.4 is 15.4 Å². The highest BCUT2D eigenvalue weighted by Gasteiger charge is 2.22. The van der Waals surface area contributed by atoms with Gasteiger partial charge in [0.25, 0.3) is 5.91 Å². The number of nitrogens with zero attached hydrogens (tertiary/aromatic N) is 3. The molecule has 0 saturated heterocycles. The molecule has 20 heavy (non-hydrogen) atoms. The van der Waals surface area contributed by atoms with Gasteiger partial charge in [-0.25, -0.2) is 0 Å². The highest BCUT2D eigenvalue weighted by atomic mass is 16.5. The van der Waals surface area contributed by atoms with Crippen LogP contribution >= 0.6 is 0 Å². The van der Waals surface area contributed by atoms with E-state index in [2.05, 4.69) is 5.10 Å². The molecule has 0 saturated carbocycles. The van der Waals surface area contributed by atoms with Crippen molar-refractivity contribution in [2.45, 2.75) is 6.92 Å². The van der Waals surface area contributed by atoms with Crippen molar-refractivity contribution in [3.8, 4) is 5.75 Å². The quantitative estimate of drug-likeness (QED) is 0.922. The SMILES string of the molecule is COc1cccc(N(C)C(=O)c2c(N)c(C)nn2C)c1. The Bertz CT molecular complexity index is 649. The molecular formula is C14H18N4O2. The van der Waals surface area contributed by atoms with E-state index in [4.69, 9.17) is 10.5 Å². The molecule has 0 unspecified atom stereocenters. The zero-order chi connectivity index (χ0) is 14.9. The molecule has 1 amide bonds. The summed E-state index contributed by atoms with van der Waals surface area (Å²) < 4.78 is 6.67. The minimum absolute atomic E-state index is 0.209. The molecule has 1 aromatic carbocycles. The van der Waals surface area contributed by atoms with Gasteiger partial charge in [0.15, 0.2) is 0 Å². The lowest BCUT2D eigenvalue weighted by molar-refractivity contribution is 0.0985. The second-order valence-electron chi connectivity index (χ2n) is 4.54. The number of ether oxygens (including phenoxy) is 1. The third-order valence-electron chi connectivity index (χ3n) is 3.22. The fraction of sp³-hybridized carbons (Fsp3) is 0.286. The largest absolute Gasteiger partial charge is 0.497 e. The van der Waals surface area contributed by atoms with Gasteiger partial charge in [-0.1, -0.05) is 6.07 Å². The number of nitrogens with two attached hydrogens (primary N) is 1. The van der Waals surface area contributed by atoms with E-state index in [1.165, 1.54) is 9.58 Å². The predicted molar refractivity (Wildman–Crippen MR) is 78.1 cm³/mol. The van der Waals surface area contributed by atoms with Crippen molar-refractivity contribution < 1.29 is 9.53 Å². The topological polar surface area (TPSA) is 73.4 Å². The first-order chi connectivity index (χ1) is 9.45. The lowest BCUT2D eigenvalue weighted by Crippen LogP contribution is -2.29. The van der Waals surface area contributed by atoms with Crippen LogP contribution in [0.15, 0.2) is 24.3 Å². The van der Waals surface area contributed by atoms with Crippen LogP contribution in [0.1, 0.15) is 16.2 Å². The Hall–Kier alpha value is -2.50. The maximum absolute atomic E-state index is 12.5. The van der Waals surface area contributed by atoms with E-state index in [-0.39, 0.29) is 5.91 Å². The van der Waals surface area contributed by atoms with Crippen molar-refractivity contribution in [1.29, 1.82) is 0 Å². The van der Waals surface area contributed by atoms with Crippen LogP contribution in [-0.4, -0.2) is 29.8 Å². The minimum Gasteiger partial charge on any atom is -0.497 e. The highest BCUT2D eigenvalue weighted by Crippen LogP contribution is 2.23. The second-order valence-corrected chi connectivity index (χ2v) is 4.54. The summed E-state index contributed by atoms with van der Waals surface area (Å²) in [5.41, 5.74) is 8.09. The molecule has 2 N–H and O–H groups in total. The van der Waals surface area contributed by atoms with Gasteiger partial charge < -0.3 is 15.4 Å². The van der Waals surface area contributed by atoms with Crippen molar-refractivity contribution in [2.75, 3.05) is 24.8 Å². The fourth-order valence-corrected chi connectivity index (χ4v) is 2.02. The first-order valence-electron chi connectivity index (χ1n) is 6.17. The number of hydrogen-bond donors (Lipinski definition) is 1. The third-order valence-corrected chi connectivity index (χ3v) is 3.22. The molecule has 0 bridgehead atoms. The molecule has 0 spiro atoms. The van der Waals surface area contributed by atoms with Crippen LogP contribution in [0.2, 0.25) is 0 Å². The van der Waals surface area contributed by atoms with Crippen LogP contribution in [0.25, 0.3) is 0 Å². The number of anilines is 2. The Morgan fingerprint density at radius 2 is 2.15 bits per heavy atom. The summed E-state index contributed by atoms with van der Waals surface area (Å²) >= 11 is 0. The van der Waals surface area contributed by atoms with E-state index in [9.17, 15) is 4.79 Å². The van der Waals surface area contributed by atoms with Crippen molar-refractivity contribution in [1.82, 2.24) is 9.78 Å². The number of amides is 1. The van der Waals surface area contributed by atoms with E-state index in [1.54, 1.807) is 34.2 Å². The summed E-state index contributed by atoms with van der Waals surface area (Å²) in [6.45, 7) is 1.78. The standard InChI is InChI=1S/C14H18N4O2/c1-9-12(15)13(18(3)16-9)14(19)17(2)10-6-5-7-11(8-10)20-4/h5-8H,15H2,1-4H3. The molecule has 2 rings (SSSR count). The first-order valence-corrected chi connectivity index (χ1v) is 6.17. The van der Waals surface area contributed by atoms with Gasteiger partial charge in [0.05, 0.1) is 18.5 Å². The number of carbonyl (C=O) groups is 1. The van der Waals surface area contributed by atoms with Crippen LogP contribution in [0.4, 0.5) is 11.4 Å². The van der Waals surface area contributed by atoms with Gasteiger partial charge in [-0.2, -0.15) is 5.10 Å². The van der Waals surface area contributed by atoms with Crippen LogP contribution in [0.5, 0.6) is 5.75 Å². The lowest BCUT2D eigenvalue weighted by atomic mass is 10.2. The minimum atomic E-state index is -0.209. The van der Waals surface area contributed by atoms with Crippen LogP contribution in [0.3, 0.4) is 0 Å². The van der Waals surface area contributed by atoms with E-state index in [1.807, 2.05) is 18.2 Å². The molecule has 0 fully saturated rings. The van der Waals surface area contributed by atoms with Gasteiger partial charge in [0, 0.05) is 25.8 Å². The number of aromatic nitrogens is 2. The fourth-order valence-electron chi connectivity index (χ4n) is 2.02. The lowest BCUT2D eigenvalue weighted by Gasteiger charge is -2.18. The number of carbonyl (C=O) groups excluding carboxylic acids is 1. The number of hydrogen-bond acceptors (Lipinski definition) is 4. The Kier molecular flexibility index (Phi) is 3.65. The number of methoxy groups -OCH3 is 1. The summed E-state index contributed by atoms with van der Waals surface area (Å²) in [5, 5.41) is 4.16. The summed E-state index contributed by atoms with van der Waals surface area (Å²) in [7, 11) is 4.98. The van der Waals surface area contributed by atoms with E-state index in [0.29, 0.717) is 22.8 Å². The summed E-state index contributed by atoms with van der Waals surface area (Å²) in [5.74, 6) is 0.482. The van der Waals surface area contributed by atoms with Crippen molar-refractivity contribution in [3.05, 3.63) is 35.7 Å². The number of rotatable bonds is 3. The molecule has 2 aromatic rings. The summed E-state index contributed by atoms with van der Waals surface area (Å²) in [4.78, 5) is 14.1. The van der Waals surface area contributed by atoms with Gasteiger partial charge in [-0.3, -0.25) is 9.48 Å². The Labute approximate surface area is 117 Å². The second kappa shape index (κ2) is 5.24. The van der Waals surface area contributed by atoms with E-state index >= 15 is 0 Å². The molecule has 0 aliphatic heterocycles. The van der Waals surface area contributed by atoms with Gasteiger partial charge >= 0.3 is 0 Å². The zero-order valence-electron chi connectivity index (χ0n) is 12.0. The summed E-state index contributed by atoms with van der Waals surface area (Å²) in [6, 6.07) is 7.28. The molecule has 0 aliphatic carbocycles. The number of nitrogen functional groups attached to an aromatic ring is 1. The zero-order valence-corrected chi connectivity index (χ0v) is 12.0. The van der Waals surface area contributed by atoms with Gasteiger partial charge in [-0.05, 0) is 19.1 Å². The third kappa shape index (κ3) is 2.32. The molecule has 0 atom stereocenters. The highest BCUT2D eigenvalue weighted by molar-refractivity contribution is 6.08. The maximum Gasteiger partial charge on any atom is 0.278 e. The van der Waals surface area contributed by atoms with Crippen LogP contribution in [0, 0.1) is 6.92 Å². The summed E-state index contributed by atoms with van der Waals surface area (Å²) in [6.07, 6.45) is 0. The number of aryl methyl sites for hydroxylation is 2. The predicted octanol–water partition coefficient (Wildman–Crippen LogP) is 1.60. The number of benzene rings is 1. The van der Waals surface area contributed by atoms with Gasteiger partial charge in [-0.15, -0.1) is 0 Å². The molecule has 106 valence electrons. The molecule has 0 radical (unpaired) electrons. The van der Waals surface area contributed by atoms with Gasteiger partial charge in [0.1, 0.15) is 11.4 Å². The average Bonchev–Trinajstić information content (AvgIpc) is 2.70. The van der Waals surface area contributed by atoms with Crippen molar-refractivity contribution in [2.24, 2.45) is 7.05 Å². The van der Waals surface area contributed by atoms with Gasteiger partial charge in [0.2, 0.25) is 0 Å². The maximum atomic E-state index is 12.5. The van der Waals surface area contributed by atoms with Crippen molar-refractivity contribution >= 4 is 17.3 Å². The monoisotopic (exact) mass is 274 g/mol. The molecular weight excluding hydrogens is 256 g/mol. The normalized spacial score (nSPS) is 10.4. The van der Waals surface area contributed by atoms with Crippen molar-refractivity contribution in [3.63, 3.8) is 0 Å². The van der Waals surface area contributed by atoms with Crippen LogP contribution in [-0.2, 0) is 7.05 Å². The molecule has 6 heteroatoms. The molecule has 1 aromatic heterocycles. The van der Waals surface area contributed by atoms with E-state index < -0.39 is 0 Å². The Balaban J connectivity index is 2.37. The first kappa shape index (κ1) is 13.9. The smallest absolute Gasteiger partial charge is 0.278 e.